The van der Waals surface area contributed by atoms with Gasteiger partial charge in [0.25, 0.3) is 0 Å². The Balaban J connectivity index is 1.99. The number of benzene rings is 2. The van der Waals surface area contributed by atoms with Crippen LogP contribution in [-0.4, -0.2) is 38.2 Å². The lowest BCUT2D eigenvalue weighted by Gasteiger charge is -2.36. The Morgan fingerprint density at radius 3 is 2.36 bits per heavy atom. The molecule has 1 heterocycles. The molecule has 4 heteroatoms. The van der Waals surface area contributed by atoms with Gasteiger partial charge in [-0.15, -0.1) is 0 Å². The Hall–Kier alpha value is -1.55. The molecule has 0 aliphatic carbocycles. The lowest BCUT2D eigenvalue weighted by molar-refractivity contribution is 0.198. The van der Waals surface area contributed by atoms with E-state index in [-0.39, 0.29) is 6.04 Å². The molecule has 2 aromatic rings. The molecule has 1 N–H and O–H groups in total. The van der Waals surface area contributed by atoms with Gasteiger partial charge in [0.2, 0.25) is 0 Å². The van der Waals surface area contributed by atoms with Crippen molar-refractivity contribution in [2.75, 3.05) is 33.3 Å². The molecule has 1 aliphatic heterocycles. The van der Waals surface area contributed by atoms with Gasteiger partial charge in [0.15, 0.2) is 0 Å². The van der Waals surface area contributed by atoms with Gasteiger partial charge in [0.05, 0.1) is 13.2 Å². The monoisotopic (exact) mass is 316 g/mol. The Morgan fingerprint density at radius 2 is 1.73 bits per heavy atom. The second kappa shape index (κ2) is 7.14. The van der Waals surface area contributed by atoms with Gasteiger partial charge in [-0.1, -0.05) is 41.9 Å². The zero-order valence-corrected chi connectivity index (χ0v) is 13.5. The summed E-state index contributed by atoms with van der Waals surface area (Å²) in [6.07, 6.45) is 0. The lowest BCUT2D eigenvalue weighted by Crippen LogP contribution is -2.45. The van der Waals surface area contributed by atoms with Crippen LogP contribution in [0.1, 0.15) is 17.2 Å². The summed E-state index contributed by atoms with van der Waals surface area (Å²) in [7, 11) is 1.69. The van der Waals surface area contributed by atoms with Crippen LogP contribution in [0.4, 0.5) is 0 Å². The number of halogens is 1. The molecule has 1 aliphatic rings. The Morgan fingerprint density at radius 1 is 1.05 bits per heavy atom. The number of nitrogens with one attached hydrogen (secondary N) is 1. The van der Waals surface area contributed by atoms with E-state index in [0.29, 0.717) is 0 Å². The van der Waals surface area contributed by atoms with Crippen LogP contribution in [0.25, 0.3) is 0 Å². The van der Waals surface area contributed by atoms with Crippen molar-refractivity contribution in [3.05, 3.63) is 64.7 Å². The molecule has 3 rings (SSSR count). The zero-order valence-electron chi connectivity index (χ0n) is 12.8. The predicted octanol–water partition coefficient (Wildman–Crippen LogP) is 3.34. The van der Waals surface area contributed by atoms with Crippen LogP contribution >= 0.6 is 11.6 Å². The maximum Gasteiger partial charge on any atom is 0.118 e. The third-order valence-corrected chi connectivity index (χ3v) is 4.49. The minimum absolute atomic E-state index is 0.182. The molecule has 116 valence electrons. The fraction of sp³-hybridized carbons (Fsp3) is 0.333. The molecule has 0 spiro atoms. The van der Waals surface area contributed by atoms with Crippen molar-refractivity contribution in [1.29, 1.82) is 0 Å². The molecule has 0 radical (unpaired) electrons. The van der Waals surface area contributed by atoms with Gasteiger partial charge in [-0.25, -0.2) is 0 Å². The molecule has 0 bridgehead atoms. The SMILES string of the molecule is COc1ccc(C(c2ccccc2Cl)N2CCNCC2)cc1. The summed E-state index contributed by atoms with van der Waals surface area (Å²) < 4.78 is 5.27. The fourth-order valence-corrected chi connectivity index (χ4v) is 3.25. The lowest BCUT2D eigenvalue weighted by atomic mass is 9.96. The van der Waals surface area contributed by atoms with Gasteiger partial charge in [0.1, 0.15) is 5.75 Å². The second-order valence-electron chi connectivity index (χ2n) is 5.48. The molecule has 0 aromatic heterocycles. The van der Waals surface area contributed by atoms with E-state index < -0.39 is 0 Å². The van der Waals surface area contributed by atoms with Crippen LogP contribution in [0.2, 0.25) is 5.02 Å². The minimum Gasteiger partial charge on any atom is -0.497 e. The summed E-state index contributed by atoms with van der Waals surface area (Å²) in [6.45, 7) is 4.05. The molecule has 2 aromatic carbocycles. The van der Waals surface area contributed by atoms with Crippen molar-refractivity contribution in [2.24, 2.45) is 0 Å². The normalized spacial score (nSPS) is 17.2. The molecule has 3 nitrogen and oxygen atoms in total. The van der Waals surface area contributed by atoms with Crippen LogP contribution in [0.15, 0.2) is 48.5 Å². The van der Waals surface area contributed by atoms with Crippen molar-refractivity contribution >= 4 is 11.6 Å². The number of methoxy groups -OCH3 is 1. The summed E-state index contributed by atoms with van der Waals surface area (Å²) in [5.41, 5.74) is 2.41. The Bertz CT molecular complexity index is 609. The maximum atomic E-state index is 6.48. The molecule has 1 fully saturated rings. The molecule has 1 atom stereocenters. The van der Waals surface area contributed by atoms with Crippen LogP contribution in [0.5, 0.6) is 5.75 Å². The van der Waals surface area contributed by atoms with E-state index >= 15 is 0 Å². The molecule has 1 unspecified atom stereocenters. The number of nitrogens with zero attached hydrogens (tertiary/aromatic N) is 1. The number of rotatable bonds is 4. The van der Waals surface area contributed by atoms with E-state index in [9.17, 15) is 0 Å². The molecular weight excluding hydrogens is 296 g/mol. The number of ether oxygens (including phenoxy) is 1. The van der Waals surface area contributed by atoms with Crippen molar-refractivity contribution in [2.45, 2.75) is 6.04 Å². The third kappa shape index (κ3) is 3.27. The average molecular weight is 317 g/mol. The topological polar surface area (TPSA) is 24.5 Å². The highest BCUT2D eigenvalue weighted by Gasteiger charge is 2.25. The quantitative estimate of drug-likeness (QED) is 0.936. The first-order valence-corrected chi connectivity index (χ1v) is 8.00. The highest BCUT2D eigenvalue weighted by molar-refractivity contribution is 6.31. The van der Waals surface area contributed by atoms with E-state index in [0.717, 1.165) is 42.5 Å². The highest BCUT2D eigenvalue weighted by Crippen LogP contribution is 2.34. The van der Waals surface area contributed by atoms with Crippen molar-refractivity contribution < 1.29 is 4.74 Å². The average Bonchev–Trinajstić information content (AvgIpc) is 2.58. The van der Waals surface area contributed by atoms with Crippen LogP contribution in [0, 0.1) is 0 Å². The van der Waals surface area contributed by atoms with Gasteiger partial charge < -0.3 is 10.1 Å². The van der Waals surface area contributed by atoms with E-state index in [1.54, 1.807) is 7.11 Å². The van der Waals surface area contributed by atoms with E-state index in [4.69, 9.17) is 16.3 Å². The fourth-order valence-electron chi connectivity index (χ4n) is 3.01. The third-order valence-electron chi connectivity index (χ3n) is 4.15. The Labute approximate surface area is 136 Å². The van der Waals surface area contributed by atoms with Crippen molar-refractivity contribution in [3.8, 4) is 5.75 Å². The van der Waals surface area contributed by atoms with Gasteiger partial charge >= 0.3 is 0 Å². The molecule has 0 amide bonds. The molecule has 1 saturated heterocycles. The largest absolute Gasteiger partial charge is 0.497 e. The summed E-state index contributed by atoms with van der Waals surface area (Å²) in [5.74, 6) is 0.877. The van der Waals surface area contributed by atoms with Crippen LogP contribution in [0.3, 0.4) is 0 Å². The highest BCUT2D eigenvalue weighted by atomic mass is 35.5. The maximum absolute atomic E-state index is 6.48. The predicted molar refractivity (Wildman–Crippen MR) is 90.7 cm³/mol. The molecule has 0 saturated carbocycles. The second-order valence-corrected chi connectivity index (χ2v) is 5.89. The van der Waals surface area contributed by atoms with E-state index in [1.165, 1.54) is 5.56 Å². The zero-order chi connectivity index (χ0) is 15.4. The number of piperazine rings is 1. The van der Waals surface area contributed by atoms with E-state index in [1.807, 2.05) is 24.3 Å². The first kappa shape index (κ1) is 15.3. The van der Waals surface area contributed by atoms with Crippen LogP contribution in [-0.2, 0) is 0 Å². The van der Waals surface area contributed by atoms with Gasteiger partial charge in [0, 0.05) is 31.2 Å². The Kier molecular flexibility index (Phi) is 4.98. The molecule has 22 heavy (non-hydrogen) atoms. The smallest absolute Gasteiger partial charge is 0.118 e. The first-order chi connectivity index (χ1) is 10.8. The van der Waals surface area contributed by atoms with Crippen LogP contribution < -0.4 is 10.1 Å². The minimum atomic E-state index is 0.182. The number of hydrogen-bond donors (Lipinski definition) is 1. The van der Waals surface area contributed by atoms with Gasteiger partial charge in [-0.2, -0.15) is 0 Å². The van der Waals surface area contributed by atoms with Gasteiger partial charge in [-0.05, 0) is 29.3 Å². The molecular formula is C18H21ClN2O. The van der Waals surface area contributed by atoms with E-state index in [2.05, 4.69) is 34.5 Å². The summed E-state index contributed by atoms with van der Waals surface area (Å²) >= 11 is 6.48. The first-order valence-electron chi connectivity index (χ1n) is 7.63. The van der Waals surface area contributed by atoms with Crippen molar-refractivity contribution in [1.82, 2.24) is 10.2 Å². The summed E-state index contributed by atoms with van der Waals surface area (Å²) in [5, 5.41) is 4.23. The summed E-state index contributed by atoms with van der Waals surface area (Å²) in [6, 6.07) is 16.6. The number of hydrogen-bond acceptors (Lipinski definition) is 3. The summed E-state index contributed by atoms with van der Waals surface area (Å²) in [4.78, 5) is 2.49. The van der Waals surface area contributed by atoms with Crippen molar-refractivity contribution in [3.63, 3.8) is 0 Å². The van der Waals surface area contributed by atoms with Gasteiger partial charge in [-0.3, -0.25) is 4.90 Å². The standard InChI is InChI=1S/C18H21ClN2O/c1-22-15-8-6-14(7-9-15)18(21-12-10-20-11-13-21)16-4-2-3-5-17(16)19/h2-9,18,20H,10-13H2,1H3.